The van der Waals surface area contributed by atoms with E-state index in [4.69, 9.17) is 4.99 Å². The third-order valence-electron chi connectivity index (χ3n) is 9.24. The smallest absolute Gasteiger partial charge is 0.0944 e. The molecular formula is C44H31N3. The Morgan fingerprint density at radius 1 is 0.447 bits per heavy atom. The Kier molecular flexibility index (Phi) is 6.53. The van der Waals surface area contributed by atoms with E-state index < -0.39 is 0 Å². The van der Waals surface area contributed by atoms with Crippen LogP contribution in [0.2, 0.25) is 0 Å². The summed E-state index contributed by atoms with van der Waals surface area (Å²) in [5.41, 5.74) is 13.5. The van der Waals surface area contributed by atoms with E-state index in [-0.39, 0.29) is 6.04 Å². The lowest BCUT2D eigenvalue weighted by Crippen LogP contribution is -2.38. The second kappa shape index (κ2) is 11.3. The van der Waals surface area contributed by atoms with Crippen molar-refractivity contribution in [3.63, 3.8) is 0 Å². The number of nitrogens with zero attached hydrogens (tertiary/aromatic N) is 2. The Labute approximate surface area is 274 Å². The third-order valence-corrected chi connectivity index (χ3v) is 9.24. The van der Waals surface area contributed by atoms with Crippen molar-refractivity contribution in [2.75, 3.05) is 0 Å². The molecule has 0 bridgehead atoms. The van der Waals surface area contributed by atoms with E-state index in [1.54, 1.807) is 0 Å². The minimum Gasteiger partial charge on any atom is -0.371 e. The molecular weight excluding hydrogens is 571 g/mol. The molecule has 0 amide bonds. The van der Waals surface area contributed by atoms with Crippen LogP contribution in [-0.4, -0.2) is 16.3 Å². The quantitative estimate of drug-likeness (QED) is 0.209. The molecule has 1 aliphatic heterocycles. The van der Waals surface area contributed by atoms with Gasteiger partial charge in [-0.3, -0.25) is 0 Å². The van der Waals surface area contributed by atoms with E-state index in [1.165, 1.54) is 44.1 Å². The maximum absolute atomic E-state index is 5.35. The van der Waals surface area contributed by atoms with Crippen molar-refractivity contribution in [1.29, 1.82) is 0 Å². The molecule has 0 saturated carbocycles. The van der Waals surface area contributed by atoms with Crippen LogP contribution in [0, 0.1) is 0 Å². The van der Waals surface area contributed by atoms with Gasteiger partial charge in [0, 0.05) is 22.0 Å². The van der Waals surface area contributed by atoms with Crippen LogP contribution >= 0.6 is 0 Å². The van der Waals surface area contributed by atoms with Crippen LogP contribution in [-0.2, 0) is 0 Å². The molecule has 2 heterocycles. The lowest BCUT2D eigenvalue weighted by Gasteiger charge is -2.29. The minimum atomic E-state index is -0.0777. The summed E-state index contributed by atoms with van der Waals surface area (Å²) >= 11 is 0. The summed E-state index contributed by atoms with van der Waals surface area (Å²) < 4.78 is 2.37. The summed E-state index contributed by atoms with van der Waals surface area (Å²) in [5.74, 6) is 0. The van der Waals surface area contributed by atoms with E-state index in [1.807, 2.05) is 0 Å². The van der Waals surface area contributed by atoms with Crippen molar-refractivity contribution >= 4 is 44.6 Å². The number of rotatable bonds is 5. The summed E-state index contributed by atoms with van der Waals surface area (Å²) in [6, 6.07) is 55.8. The van der Waals surface area contributed by atoms with Gasteiger partial charge in [0.2, 0.25) is 0 Å². The molecule has 9 rings (SSSR count). The zero-order chi connectivity index (χ0) is 31.2. The molecule has 0 spiro atoms. The second-order valence-electron chi connectivity index (χ2n) is 12.1. The predicted octanol–water partition coefficient (Wildman–Crippen LogP) is 10.5. The summed E-state index contributed by atoms with van der Waals surface area (Å²) in [6.45, 7) is 0. The van der Waals surface area contributed by atoms with Crippen LogP contribution in [0.15, 0.2) is 181 Å². The first-order valence-corrected chi connectivity index (χ1v) is 16.1. The molecule has 0 fully saturated rings. The zero-order valence-electron chi connectivity index (χ0n) is 25.7. The van der Waals surface area contributed by atoms with E-state index >= 15 is 0 Å². The molecule has 1 aromatic heterocycles. The Morgan fingerprint density at radius 2 is 0.915 bits per heavy atom. The van der Waals surface area contributed by atoms with E-state index in [9.17, 15) is 0 Å². The fraction of sp³-hybridized carbons (Fsp3) is 0.0227. The molecule has 222 valence electrons. The molecule has 1 atom stereocenters. The number of aliphatic imine (C=N–C) groups is 1. The van der Waals surface area contributed by atoms with E-state index in [0.29, 0.717) is 0 Å². The highest BCUT2D eigenvalue weighted by atomic mass is 15.0. The van der Waals surface area contributed by atoms with E-state index in [2.05, 4.69) is 186 Å². The average Bonchev–Trinajstić information content (AvgIpc) is 3.49. The summed E-state index contributed by atoms with van der Waals surface area (Å²) in [7, 11) is 0. The van der Waals surface area contributed by atoms with Crippen LogP contribution in [0.5, 0.6) is 0 Å². The van der Waals surface area contributed by atoms with Gasteiger partial charge in [0.25, 0.3) is 0 Å². The van der Waals surface area contributed by atoms with E-state index in [0.717, 1.165) is 33.9 Å². The lowest BCUT2D eigenvalue weighted by molar-refractivity contribution is 0.879. The highest BCUT2D eigenvalue weighted by Crippen LogP contribution is 2.36. The Bertz CT molecular complexity index is 2340. The van der Waals surface area contributed by atoms with Gasteiger partial charge >= 0.3 is 0 Å². The Balaban J connectivity index is 1.15. The monoisotopic (exact) mass is 601 g/mol. The molecule has 0 saturated heterocycles. The molecule has 7 aromatic rings. The maximum Gasteiger partial charge on any atom is 0.0944 e. The highest BCUT2D eigenvalue weighted by Gasteiger charge is 2.27. The summed E-state index contributed by atoms with van der Waals surface area (Å²) in [4.78, 5) is 5.35. The van der Waals surface area contributed by atoms with Gasteiger partial charge < -0.3 is 9.88 Å². The van der Waals surface area contributed by atoms with Gasteiger partial charge in [0.1, 0.15) is 0 Å². The number of nitrogens with one attached hydrogen (secondary N) is 1. The third kappa shape index (κ3) is 4.81. The minimum absolute atomic E-state index is 0.0777. The molecule has 1 N–H and O–H groups in total. The van der Waals surface area contributed by atoms with Crippen LogP contribution in [0.25, 0.3) is 61.2 Å². The molecule has 6 aromatic carbocycles. The van der Waals surface area contributed by atoms with Crippen molar-refractivity contribution in [2.45, 2.75) is 6.04 Å². The Hall–Kier alpha value is -6.19. The van der Waals surface area contributed by atoms with Crippen molar-refractivity contribution < 1.29 is 0 Å². The zero-order valence-corrected chi connectivity index (χ0v) is 25.7. The number of hydrogen-bond acceptors (Lipinski definition) is 2. The molecule has 0 radical (unpaired) electrons. The summed E-state index contributed by atoms with van der Waals surface area (Å²) in [5, 5.41) is 6.44. The predicted molar refractivity (Wildman–Crippen MR) is 198 cm³/mol. The first-order valence-electron chi connectivity index (χ1n) is 16.1. The topological polar surface area (TPSA) is 29.3 Å². The first-order chi connectivity index (χ1) is 23.3. The normalized spacial score (nSPS) is 15.7. The van der Waals surface area contributed by atoms with Crippen molar-refractivity contribution in [1.82, 2.24) is 9.88 Å². The number of para-hydroxylation sites is 2. The van der Waals surface area contributed by atoms with Gasteiger partial charge in [0.15, 0.2) is 0 Å². The van der Waals surface area contributed by atoms with Crippen LogP contribution < -0.4 is 5.32 Å². The fourth-order valence-corrected chi connectivity index (χ4v) is 6.91. The number of fused-ring (bicyclic) bond motifs is 4. The molecule has 3 heteroatoms. The molecule has 1 unspecified atom stereocenters. The number of hydrogen-bond donors (Lipinski definition) is 1. The number of aromatic nitrogens is 1. The number of benzene rings is 6. The highest BCUT2D eigenvalue weighted by molar-refractivity contribution is 6.14. The van der Waals surface area contributed by atoms with Gasteiger partial charge in [-0.2, -0.15) is 0 Å². The average molecular weight is 602 g/mol. The molecule has 47 heavy (non-hydrogen) atoms. The largest absolute Gasteiger partial charge is 0.371 e. The molecule has 1 aliphatic carbocycles. The van der Waals surface area contributed by atoms with Gasteiger partial charge in [0.05, 0.1) is 34.2 Å². The van der Waals surface area contributed by atoms with Crippen LogP contribution in [0.4, 0.5) is 0 Å². The van der Waals surface area contributed by atoms with Gasteiger partial charge in [-0.05, 0) is 58.2 Å². The second-order valence-corrected chi connectivity index (χ2v) is 12.1. The van der Waals surface area contributed by atoms with Gasteiger partial charge in [-0.1, -0.05) is 146 Å². The van der Waals surface area contributed by atoms with Gasteiger partial charge in [-0.25, -0.2) is 4.99 Å². The SMILES string of the molecule is C1=CC2=NC(c3ccc(-c4ccccc4)cc3)=C(c3ccc(-c4ccccc4)cc3)NC2C=C1n1c2ccccc2c2ccccc21. The molecule has 3 nitrogen and oxygen atoms in total. The molecule has 2 aliphatic rings. The van der Waals surface area contributed by atoms with Crippen molar-refractivity contribution in [2.24, 2.45) is 4.99 Å². The van der Waals surface area contributed by atoms with Crippen molar-refractivity contribution in [3.05, 3.63) is 187 Å². The van der Waals surface area contributed by atoms with Crippen molar-refractivity contribution in [3.8, 4) is 22.3 Å². The van der Waals surface area contributed by atoms with Gasteiger partial charge in [-0.15, -0.1) is 0 Å². The summed E-state index contributed by atoms with van der Waals surface area (Å²) in [6.07, 6.45) is 6.68. The standard InChI is InChI=1S/C44H31N3/c1-3-11-30(12-4-1)32-19-23-34(24-20-32)43-44(35-25-21-33(22-26-35)31-13-5-2-6-14-31)46-40-29-36(27-28-39(40)45-43)47-41-17-9-7-15-37(41)38-16-8-10-18-42(38)47/h1-29,40,46H. The Morgan fingerprint density at radius 3 is 1.49 bits per heavy atom. The first kappa shape index (κ1) is 27.1. The fourth-order valence-electron chi connectivity index (χ4n) is 6.91. The number of allylic oxidation sites excluding steroid dienone is 2. The lowest BCUT2D eigenvalue weighted by atomic mass is 9.95. The van der Waals surface area contributed by atoms with Crippen LogP contribution in [0.1, 0.15) is 11.1 Å². The maximum atomic E-state index is 5.35. The van der Waals surface area contributed by atoms with Crippen LogP contribution in [0.3, 0.4) is 0 Å².